The van der Waals surface area contributed by atoms with Crippen LogP contribution in [0.5, 0.6) is 0 Å². The molecule has 0 radical (unpaired) electrons. The summed E-state index contributed by atoms with van der Waals surface area (Å²) in [6, 6.07) is 51.5. The first-order valence-corrected chi connectivity index (χ1v) is 21.1. The summed E-state index contributed by atoms with van der Waals surface area (Å²) in [7, 11) is -1.96. The minimum absolute atomic E-state index is 0.386. The van der Waals surface area contributed by atoms with Gasteiger partial charge in [0.05, 0.1) is 0 Å². The standard InChI is InChI=1S/C47H37N3OSi/c1-52(2)41-28-33(30-14-6-3-7-15-30)22-24-36(41)37-25-23-34(29-42(37)52)46-48-45(32-18-10-5-11-19-32)49-47(50-46)39-27-26-38-35-20-12-13-21-40(35)51-44(38)43(39)31-16-8-4-9-17-31/h3-24,26-29,37,46H,25H2,1-2H3,(H,48,49,50)/q-1. The molecule has 3 aliphatic rings. The largest absolute Gasteiger partial charge is 0.455 e. The topological polar surface area (TPSA) is 49.9 Å². The van der Waals surface area contributed by atoms with Crippen LogP contribution in [0.1, 0.15) is 29.0 Å². The maximum absolute atomic E-state index is 6.63. The molecule has 0 amide bonds. The van der Waals surface area contributed by atoms with Crippen molar-refractivity contribution in [1.82, 2.24) is 5.32 Å². The normalized spacial score (nSPS) is 18.9. The van der Waals surface area contributed by atoms with Crippen molar-refractivity contribution in [3.8, 4) is 22.3 Å². The van der Waals surface area contributed by atoms with Gasteiger partial charge < -0.3 is 9.73 Å². The molecule has 3 heterocycles. The van der Waals surface area contributed by atoms with Crippen molar-refractivity contribution in [2.45, 2.75) is 31.6 Å². The van der Waals surface area contributed by atoms with Crippen molar-refractivity contribution < 1.29 is 4.42 Å². The van der Waals surface area contributed by atoms with E-state index in [4.69, 9.17) is 14.4 Å². The number of para-hydroxylation sites is 1. The Morgan fingerprint density at radius 1 is 0.635 bits per heavy atom. The minimum Gasteiger partial charge on any atom is -0.455 e. The van der Waals surface area contributed by atoms with Gasteiger partial charge in [-0.05, 0) is 52.8 Å². The fraction of sp³-hybridized carbons (Fsp3) is 0.106. The van der Waals surface area contributed by atoms with Crippen LogP contribution < -0.4 is 10.5 Å². The Balaban J connectivity index is 1.11. The van der Waals surface area contributed by atoms with Gasteiger partial charge in [0.25, 0.3) is 0 Å². The molecule has 2 aliphatic heterocycles. The monoisotopic (exact) mass is 687 g/mol. The molecule has 52 heavy (non-hydrogen) atoms. The summed E-state index contributed by atoms with van der Waals surface area (Å²) >= 11 is 0. The van der Waals surface area contributed by atoms with E-state index in [0.717, 1.165) is 62.3 Å². The van der Waals surface area contributed by atoms with Crippen LogP contribution in [0.4, 0.5) is 0 Å². The predicted molar refractivity (Wildman–Crippen MR) is 218 cm³/mol. The molecule has 4 nitrogen and oxygen atoms in total. The van der Waals surface area contributed by atoms with Crippen molar-refractivity contribution in [2.24, 2.45) is 9.98 Å². The predicted octanol–water partition coefficient (Wildman–Crippen LogP) is 10.6. The van der Waals surface area contributed by atoms with E-state index in [0.29, 0.717) is 5.92 Å². The summed E-state index contributed by atoms with van der Waals surface area (Å²) in [4.78, 5) is 10.8. The second-order valence-corrected chi connectivity index (χ2v) is 18.9. The molecule has 0 spiro atoms. The van der Waals surface area contributed by atoms with Gasteiger partial charge in [-0.2, -0.15) is 23.5 Å². The lowest BCUT2D eigenvalue weighted by Crippen LogP contribution is -2.41. The summed E-state index contributed by atoms with van der Waals surface area (Å²) in [5, 5.41) is 9.01. The Kier molecular flexibility index (Phi) is 7.12. The van der Waals surface area contributed by atoms with Crippen LogP contribution in [0.25, 0.3) is 44.2 Å². The maximum Gasteiger partial charge on any atom is 0.169 e. The van der Waals surface area contributed by atoms with Crippen molar-refractivity contribution in [2.75, 3.05) is 0 Å². The zero-order chi connectivity index (χ0) is 34.8. The Bertz CT molecular complexity index is 2650. The molecule has 0 saturated heterocycles. The van der Waals surface area contributed by atoms with Crippen LogP contribution in [0.3, 0.4) is 0 Å². The number of rotatable bonds is 5. The van der Waals surface area contributed by atoms with E-state index in [9.17, 15) is 0 Å². The Labute approximate surface area is 304 Å². The first-order chi connectivity index (χ1) is 25.5. The lowest BCUT2D eigenvalue weighted by atomic mass is 9.88. The zero-order valence-corrected chi connectivity index (χ0v) is 30.2. The van der Waals surface area contributed by atoms with Gasteiger partial charge in [0.15, 0.2) is 6.17 Å². The molecule has 5 heteroatoms. The van der Waals surface area contributed by atoms with E-state index in [1.54, 1.807) is 10.4 Å². The number of aliphatic imine (C=N–C) groups is 2. The highest BCUT2D eigenvalue weighted by Gasteiger charge is 2.36. The van der Waals surface area contributed by atoms with Crippen LogP contribution in [-0.4, -0.2) is 25.9 Å². The molecule has 0 fully saturated rings. The minimum atomic E-state index is -1.96. The average molecular weight is 688 g/mol. The van der Waals surface area contributed by atoms with E-state index >= 15 is 0 Å². The lowest BCUT2D eigenvalue weighted by Gasteiger charge is -2.37. The van der Waals surface area contributed by atoms with Gasteiger partial charge in [-0.25, -0.2) is 9.98 Å². The highest BCUT2D eigenvalue weighted by Crippen LogP contribution is 2.46. The van der Waals surface area contributed by atoms with Crippen molar-refractivity contribution in [3.63, 3.8) is 0 Å². The van der Waals surface area contributed by atoms with Gasteiger partial charge in [-0.15, -0.1) is 0 Å². The number of furan rings is 1. The molecule has 251 valence electrons. The van der Waals surface area contributed by atoms with Crippen LogP contribution >= 0.6 is 0 Å². The highest BCUT2D eigenvalue weighted by atomic mass is 28.3. The summed E-state index contributed by atoms with van der Waals surface area (Å²) in [6.45, 7) is 5.03. The lowest BCUT2D eigenvalue weighted by molar-refractivity contribution is 0.670. The second kappa shape index (κ2) is 12.0. The van der Waals surface area contributed by atoms with Crippen LogP contribution in [0, 0.1) is 0 Å². The number of allylic oxidation sites excluding steroid dienone is 2. The van der Waals surface area contributed by atoms with Gasteiger partial charge in [-0.1, -0.05) is 153 Å². The molecule has 1 N–H and O–H groups in total. The average Bonchev–Trinajstić information content (AvgIpc) is 3.69. The summed E-state index contributed by atoms with van der Waals surface area (Å²) in [5.41, 5.74) is 11.1. The number of fused-ring (bicyclic) bond motifs is 6. The number of nitrogens with zero attached hydrogens (tertiary/aromatic N) is 2. The smallest absolute Gasteiger partial charge is 0.169 e. The third-order valence-electron chi connectivity index (χ3n) is 11.2. The van der Waals surface area contributed by atoms with Crippen LogP contribution in [0.15, 0.2) is 183 Å². The molecule has 0 saturated carbocycles. The Morgan fingerprint density at radius 2 is 1.31 bits per heavy atom. The second-order valence-electron chi connectivity index (χ2n) is 14.5. The van der Waals surface area contributed by atoms with E-state index in [2.05, 4.69) is 158 Å². The molecular formula is C47H37N3OSi-. The maximum atomic E-state index is 6.63. The van der Waals surface area contributed by atoms with Gasteiger partial charge in [0, 0.05) is 27.5 Å². The van der Waals surface area contributed by atoms with Crippen molar-refractivity contribution >= 4 is 46.9 Å². The summed E-state index contributed by atoms with van der Waals surface area (Å²) in [5.74, 6) is 2.02. The molecule has 2 atom stereocenters. The molecule has 2 unspecified atom stereocenters. The number of nitrogens with one attached hydrogen (secondary N) is 1. The SMILES string of the molecule is C[Si-]1(C)C2=CC(C3N=C(c4ccccc4)NC(c4ccc5c(oc6ccccc65)c4-c4ccccc4)=N3)=CCC2c2ccc(-c3ccccc3)cc21. The molecule has 1 aromatic heterocycles. The summed E-state index contributed by atoms with van der Waals surface area (Å²) in [6.07, 6.45) is 5.43. The van der Waals surface area contributed by atoms with Crippen LogP contribution in [0.2, 0.25) is 13.1 Å². The van der Waals surface area contributed by atoms with Crippen molar-refractivity contribution in [3.05, 3.63) is 185 Å². The first kappa shape index (κ1) is 30.8. The zero-order valence-electron chi connectivity index (χ0n) is 29.2. The molecule has 0 bridgehead atoms. The Hall–Kier alpha value is -6.04. The quantitative estimate of drug-likeness (QED) is 0.183. The van der Waals surface area contributed by atoms with Crippen LogP contribution in [-0.2, 0) is 0 Å². The molecule has 6 aromatic carbocycles. The Morgan fingerprint density at radius 3 is 2.08 bits per heavy atom. The fourth-order valence-corrected chi connectivity index (χ4v) is 12.0. The number of benzene rings is 6. The van der Waals surface area contributed by atoms with E-state index in [-0.39, 0.29) is 6.17 Å². The van der Waals surface area contributed by atoms with Gasteiger partial charge in [0.1, 0.15) is 22.8 Å². The number of hydrogen-bond donors (Lipinski definition) is 1. The molecule has 10 rings (SSSR count). The molecular weight excluding hydrogens is 651 g/mol. The summed E-state index contributed by atoms with van der Waals surface area (Å²) < 4.78 is 6.63. The fourth-order valence-electron chi connectivity index (χ4n) is 8.53. The number of hydrogen-bond acceptors (Lipinski definition) is 4. The van der Waals surface area contributed by atoms with E-state index < -0.39 is 8.07 Å². The van der Waals surface area contributed by atoms with Gasteiger partial charge in [-0.3, -0.25) is 0 Å². The number of amidine groups is 2. The van der Waals surface area contributed by atoms with Crippen molar-refractivity contribution in [1.29, 1.82) is 0 Å². The highest BCUT2D eigenvalue weighted by molar-refractivity contribution is 6.97. The van der Waals surface area contributed by atoms with E-state index in [1.807, 2.05) is 18.2 Å². The van der Waals surface area contributed by atoms with Gasteiger partial charge in [0.2, 0.25) is 0 Å². The third kappa shape index (κ3) is 4.95. The first-order valence-electron chi connectivity index (χ1n) is 18.1. The van der Waals surface area contributed by atoms with E-state index in [1.165, 1.54) is 22.3 Å². The van der Waals surface area contributed by atoms with Gasteiger partial charge >= 0.3 is 0 Å². The third-order valence-corrected chi connectivity index (χ3v) is 14.9. The molecule has 7 aromatic rings. The molecule has 1 aliphatic carbocycles.